The first-order valence-electron chi connectivity index (χ1n) is 4.95. The maximum absolute atomic E-state index is 5.10. The molecule has 0 radical (unpaired) electrons. The second-order valence-electron chi connectivity index (χ2n) is 3.45. The van der Waals surface area contributed by atoms with Crippen LogP contribution in [-0.4, -0.2) is 38.3 Å². The van der Waals surface area contributed by atoms with Gasteiger partial charge in [-0.05, 0) is 25.4 Å². The van der Waals surface area contributed by atoms with Gasteiger partial charge in [-0.3, -0.25) is 0 Å². The quantitative estimate of drug-likeness (QED) is 0.584. The first-order valence-corrected chi connectivity index (χ1v) is 4.95. The lowest BCUT2D eigenvalue weighted by molar-refractivity contribution is 0.131. The number of nitrogens with zero attached hydrogens (tertiary/aromatic N) is 1. The third kappa shape index (κ3) is 5.56. The number of rotatable bonds is 7. The first-order chi connectivity index (χ1) is 5.74. The van der Waals surface area contributed by atoms with Gasteiger partial charge in [-0.2, -0.15) is 0 Å². The van der Waals surface area contributed by atoms with Crippen LogP contribution in [0, 0.1) is 5.92 Å². The molecule has 0 saturated carbocycles. The number of ether oxygens (including phenoxy) is 1. The molecule has 1 unspecified atom stereocenters. The Morgan fingerprint density at radius 1 is 1.33 bits per heavy atom. The highest BCUT2D eigenvalue weighted by Gasteiger charge is 2.06. The molecule has 1 atom stereocenters. The Kier molecular flexibility index (Phi) is 7.51. The summed E-state index contributed by atoms with van der Waals surface area (Å²) in [6, 6.07) is 0. The van der Waals surface area contributed by atoms with E-state index in [9.17, 15) is 0 Å². The van der Waals surface area contributed by atoms with Gasteiger partial charge in [0.1, 0.15) is 0 Å². The SMILES string of the molecule is CCCN(CC)CC(C)COC. The molecule has 74 valence electrons. The Hall–Kier alpha value is -0.0800. The van der Waals surface area contributed by atoms with Crippen molar-refractivity contribution in [3.8, 4) is 0 Å². The average molecular weight is 173 g/mol. The Bertz CT molecular complexity index is 95.8. The zero-order valence-corrected chi connectivity index (χ0v) is 8.97. The molecule has 0 amide bonds. The average Bonchev–Trinajstić information content (AvgIpc) is 2.04. The molecular formula is C10H23NO. The Morgan fingerprint density at radius 2 is 2.00 bits per heavy atom. The Balaban J connectivity index is 3.53. The highest BCUT2D eigenvalue weighted by atomic mass is 16.5. The van der Waals surface area contributed by atoms with Crippen LogP contribution in [0.25, 0.3) is 0 Å². The van der Waals surface area contributed by atoms with E-state index in [0.29, 0.717) is 5.92 Å². The first kappa shape index (κ1) is 11.9. The predicted molar refractivity (Wildman–Crippen MR) is 53.4 cm³/mol. The zero-order valence-electron chi connectivity index (χ0n) is 8.97. The Morgan fingerprint density at radius 3 is 2.42 bits per heavy atom. The zero-order chi connectivity index (χ0) is 9.40. The monoisotopic (exact) mass is 173 g/mol. The van der Waals surface area contributed by atoms with E-state index < -0.39 is 0 Å². The third-order valence-electron chi connectivity index (χ3n) is 2.01. The van der Waals surface area contributed by atoms with Gasteiger partial charge in [-0.15, -0.1) is 0 Å². The second kappa shape index (κ2) is 7.56. The van der Waals surface area contributed by atoms with Gasteiger partial charge in [0.15, 0.2) is 0 Å². The van der Waals surface area contributed by atoms with Crippen molar-refractivity contribution in [1.29, 1.82) is 0 Å². The van der Waals surface area contributed by atoms with E-state index in [-0.39, 0.29) is 0 Å². The van der Waals surface area contributed by atoms with Gasteiger partial charge in [0.25, 0.3) is 0 Å². The molecule has 0 saturated heterocycles. The van der Waals surface area contributed by atoms with Crippen LogP contribution in [0.2, 0.25) is 0 Å². The highest BCUT2D eigenvalue weighted by molar-refractivity contribution is 4.59. The topological polar surface area (TPSA) is 12.5 Å². The smallest absolute Gasteiger partial charge is 0.0500 e. The van der Waals surface area contributed by atoms with E-state index in [4.69, 9.17) is 4.74 Å². The number of hydrogen-bond donors (Lipinski definition) is 0. The molecule has 0 N–H and O–H groups in total. The van der Waals surface area contributed by atoms with Crippen LogP contribution in [0.3, 0.4) is 0 Å². The summed E-state index contributed by atoms with van der Waals surface area (Å²) in [6.45, 7) is 11.1. The molecule has 0 spiro atoms. The van der Waals surface area contributed by atoms with Crippen LogP contribution in [0.15, 0.2) is 0 Å². The van der Waals surface area contributed by atoms with E-state index in [1.807, 2.05) is 0 Å². The lowest BCUT2D eigenvalue weighted by Crippen LogP contribution is -2.30. The van der Waals surface area contributed by atoms with E-state index in [1.54, 1.807) is 7.11 Å². The molecule has 2 heteroatoms. The van der Waals surface area contributed by atoms with E-state index >= 15 is 0 Å². The molecular weight excluding hydrogens is 150 g/mol. The van der Waals surface area contributed by atoms with E-state index in [2.05, 4.69) is 25.7 Å². The molecule has 0 aromatic rings. The van der Waals surface area contributed by atoms with Crippen LogP contribution < -0.4 is 0 Å². The van der Waals surface area contributed by atoms with E-state index in [1.165, 1.54) is 13.0 Å². The largest absolute Gasteiger partial charge is 0.384 e. The summed E-state index contributed by atoms with van der Waals surface area (Å²) in [4.78, 5) is 2.48. The van der Waals surface area contributed by atoms with Crippen molar-refractivity contribution in [2.45, 2.75) is 27.2 Å². The molecule has 0 aliphatic heterocycles. The van der Waals surface area contributed by atoms with Crippen molar-refractivity contribution in [2.24, 2.45) is 5.92 Å². The van der Waals surface area contributed by atoms with Gasteiger partial charge in [-0.25, -0.2) is 0 Å². The normalized spacial score (nSPS) is 13.8. The summed E-state index contributed by atoms with van der Waals surface area (Å²) in [5, 5.41) is 0. The molecule has 0 aromatic carbocycles. The minimum Gasteiger partial charge on any atom is -0.384 e. The molecule has 0 heterocycles. The van der Waals surface area contributed by atoms with Gasteiger partial charge < -0.3 is 9.64 Å². The maximum Gasteiger partial charge on any atom is 0.0500 e. The predicted octanol–water partition coefficient (Wildman–Crippen LogP) is 2.00. The van der Waals surface area contributed by atoms with Crippen molar-refractivity contribution in [2.75, 3.05) is 33.4 Å². The van der Waals surface area contributed by atoms with Gasteiger partial charge in [0.2, 0.25) is 0 Å². The molecule has 12 heavy (non-hydrogen) atoms. The highest BCUT2D eigenvalue weighted by Crippen LogP contribution is 2.00. The fraction of sp³-hybridized carbons (Fsp3) is 1.00. The molecule has 2 nitrogen and oxygen atoms in total. The van der Waals surface area contributed by atoms with Crippen LogP contribution in [-0.2, 0) is 4.74 Å². The fourth-order valence-electron chi connectivity index (χ4n) is 1.47. The van der Waals surface area contributed by atoms with Gasteiger partial charge >= 0.3 is 0 Å². The minimum absolute atomic E-state index is 0.654. The van der Waals surface area contributed by atoms with Gasteiger partial charge in [0.05, 0.1) is 0 Å². The van der Waals surface area contributed by atoms with Crippen molar-refractivity contribution < 1.29 is 4.74 Å². The van der Waals surface area contributed by atoms with Crippen molar-refractivity contribution >= 4 is 0 Å². The number of hydrogen-bond acceptors (Lipinski definition) is 2. The van der Waals surface area contributed by atoms with Crippen LogP contribution >= 0.6 is 0 Å². The number of methoxy groups -OCH3 is 1. The maximum atomic E-state index is 5.10. The standard InChI is InChI=1S/C10H23NO/c1-5-7-11(6-2)8-10(3)9-12-4/h10H,5-9H2,1-4H3. The summed E-state index contributed by atoms with van der Waals surface area (Å²) >= 11 is 0. The summed E-state index contributed by atoms with van der Waals surface area (Å²) < 4.78 is 5.10. The van der Waals surface area contributed by atoms with Crippen molar-refractivity contribution in [3.05, 3.63) is 0 Å². The molecule has 0 aromatic heterocycles. The van der Waals surface area contributed by atoms with Crippen LogP contribution in [0.4, 0.5) is 0 Å². The Labute approximate surface area is 76.9 Å². The van der Waals surface area contributed by atoms with E-state index in [0.717, 1.165) is 19.7 Å². The second-order valence-corrected chi connectivity index (χ2v) is 3.45. The lowest BCUT2D eigenvalue weighted by Gasteiger charge is -2.23. The molecule has 0 aliphatic carbocycles. The fourth-order valence-corrected chi connectivity index (χ4v) is 1.47. The molecule has 0 aliphatic rings. The minimum atomic E-state index is 0.654. The molecule has 0 rings (SSSR count). The van der Waals surface area contributed by atoms with Crippen molar-refractivity contribution in [3.63, 3.8) is 0 Å². The summed E-state index contributed by atoms with van der Waals surface area (Å²) in [5.41, 5.74) is 0. The van der Waals surface area contributed by atoms with Gasteiger partial charge in [0, 0.05) is 20.3 Å². The summed E-state index contributed by atoms with van der Waals surface area (Å²) in [6.07, 6.45) is 1.24. The third-order valence-corrected chi connectivity index (χ3v) is 2.01. The molecule has 0 bridgehead atoms. The van der Waals surface area contributed by atoms with Crippen LogP contribution in [0.5, 0.6) is 0 Å². The summed E-state index contributed by atoms with van der Waals surface area (Å²) in [5.74, 6) is 0.654. The van der Waals surface area contributed by atoms with Crippen molar-refractivity contribution in [1.82, 2.24) is 4.90 Å². The lowest BCUT2D eigenvalue weighted by atomic mass is 10.2. The summed E-state index contributed by atoms with van der Waals surface area (Å²) in [7, 11) is 1.77. The van der Waals surface area contributed by atoms with Crippen LogP contribution in [0.1, 0.15) is 27.2 Å². The van der Waals surface area contributed by atoms with Gasteiger partial charge in [-0.1, -0.05) is 20.8 Å². The molecule has 0 fully saturated rings.